The molecule has 1 rings (SSSR count). The Morgan fingerprint density at radius 3 is 2.58 bits per heavy atom. The molecule has 0 radical (unpaired) electrons. The third-order valence-electron chi connectivity index (χ3n) is 2.26. The zero-order valence-corrected chi connectivity index (χ0v) is 13.2. The Kier molecular flexibility index (Phi) is 6.93. The molecule has 0 aliphatic heterocycles. The number of aliphatic hydroxyl groups is 1. The summed E-state index contributed by atoms with van der Waals surface area (Å²) < 4.78 is 11.9. The summed E-state index contributed by atoms with van der Waals surface area (Å²) in [5.74, 6) is 0.977. The van der Waals surface area contributed by atoms with Crippen molar-refractivity contribution < 1.29 is 19.4 Å². The molecule has 0 atom stereocenters. The predicted octanol–water partition coefficient (Wildman–Crippen LogP) is 1.81. The van der Waals surface area contributed by atoms with E-state index in [-0.39, 0.29) is 19.1 Å². The van der Waals surface area contributed by atoms with E-state index >= 15 is 0 Å². The highest BCUT2D eigenvalue weighted by Crippen LogP contribution is 2.34. The van der Waals surface area contributed by atoms with Crippen LogP contribution in [0.1, 0.15) is 24.2 Å². The summed E-state index contributed by atoms with van der Waals surface area (Å²) in [6.07, 6.45) is 0. The first-order valence-electron chi connectivity index (χ1n) is 6.12. The highest BCUT2D eigenvalue weighted by atomic mass is 127. The zero-order valence-electron chi connectivity index (χ0n) is 11.0. The van der Waals surface area contributed by atoms with E-state index in [9.17, 15) is 4.79 Å². The van der Waals surface area contributed by atoms with Crippen molar-refractivity contribution in [2.75, 3.05) is 26.4 Å². The molecule has 6 heteroatoms. The molecule has 106 valence electrons. The fourth-order valence-corrected chi connectivity index (χ4v) is 2.27. The molecule has 0 aliphatic rings. The van der Waals surface area contributed by atoms with Crippen LogP contribution in [0.15, 0.2) is 12.1 Å². The highest BCUT2D eigenvalue weighted by Gasteiger charge is 2.15. The Morgan fingerprint density at radius 1 is 1.32 bits per heavy atom. The van der Waals surface area contributed by atoms with E-state index in [1.807, 2.05) is 13.8 Å². The summed E-state index contributed by atoms with van der Waals surface area (Å²) in [7, 11) is 0. The summed E-state index contributed by atoms with van der Waals surface area (Å²) in [5.41, 5.74) is 0.491. The Balaban J connectivity index is 3.05. The van der Waals surface area contributed by atoms with E-state index < -0.39 is 0 Å². The minimum Gasteiger partial charge on any atom is -0.490 e. The van der Waals surface area contributed by atoms with Gasteiger partial charge in [-0.15, -0.1) is 0 Å². The van der Waals surface area contributed by atoms with Crippen molar-refractivity contribution in [2.24, 2.45) is 0 Å². The van der Waals surface area contributed by atoms with Gasteiger partial charge in [0.25, 0.3) is 5.91 Å². The Bertz CT molecular complexity index is 437. The van der Waals surface area contributed by atoms with Crippen LogP contribution in [0.3, 0.4) is 0 Å². The Hall–Kier alpha value is -1.02. The minimum absolute atomic E-state index is 0.0851. The summed E-state index contributed by atoms with van der Waals surface area (Å²) >= 11 is 2.11. The second kappa shape index (κ2) is 8.21. The molecule has 1 aromatic carbocycles. The molecule has 0 saturated carbocycles. The van der Waals surface area contributed by atoms with Gasteiger partial charge in [0.2, 0.25) is 0 Å². The van der Waals surface area contributed by atoms with Gasteiger partial charge in [-0.2, -0.15) is 0 Å². The van der Waals surface area contributed by atoms with E-state index in [1.54, 1.807) is 12.1 Å². The third-order valence-corrected chi connectivity index (χ3v) is 3.06. The van der Waals surface area contributed by atoms with E-state index in [1.165, 1.54) is 0 Å². The van der Waals surface area contributed by atoms with Crippen molar-refractivity contribution in [2.45, 2.75) is 13.8 Å². The molecule has 0 aliphatic carbocycles. The maximum atomic E-state index is 11.9. The van der Waals surface area contributed by atoms with Gasteiger partial charge >= 0.3 is 0 Å². The van der Waals surface area contributed by atoms with E-state index in [4.69, 9.17) is 14.6 Å². The largest absolute Gasteiger partial charge is 0.490 e. The number of carbonyl (C=O) groups excluding carboxylic acids is 1. The smallest absolute Gasteiger partial charge is 0.251 e. The van der Waals surface area contributed by atoms with Gasteiger partial charge in [0.05, 0.1) is 23.4 Å². The number of rotatable bonds is 7. The lowest BCUT2D eigenvalue weighted by Gasteiger charge is -2.14. The Labute approximate surface area is 126 Å². The maximum Gasteiger partial charge on any atom is 0.251 e. The van der Waals surface area contributed by atoms with Crippen LogP contribution in [-0.2, 0) is 0 Å². The molecule has 0 heterocycles. The number of hydrogen-bond donors (Lipinski definition) is 2. The second-order valence-corrected chi connectivity index (χ2v) is 4.79. The molecule has 0 bridgehead atoms. The molecule has 1 amide bonds. The van der Waals surface area contributed by atoms with Crippen molar-refractivity contribution in [3.8, 4) is 11.5 Å². The molecule has 0 spiro atoms. The highest BCUT2D eigenvalue weighted by molar-refractivity contribution is 14.1. The van der Waals surface area contributed by atoms with Crippen molar-refractivity contribution in [3.63, 3.8) is 0 Å². The molecule has 5 nitrogen and oxygen atoms in total. The fourth-order valence-electron chi connectivity index (χ4n) is 1.52. The van der Waals surface area contributed by atoms with Crippen molar-refractivity contribution in [1.29, 1.82) is 0 Å². The first-order chi connectivity index (χ1) is 9.13. The normalized spacial score (nSPS) is 10.1. The topological polar surface area (TPSA) is 67.8 Å². The summed E-state index contributed by atoms with van der Waals surface area (Å²) in [6.45, 7) is 4.95. The summed E-state index contributed by atoms with van der Waals surface area (Å²) in [5, 5.41) is 11.3. The molecule has 0 unspecified atom stereocenters. The molecular weight excluding hydrogens is 361 g/mol. The van der Waals surface area contributed by atoms with Gasteiger partial charge in [-0.25, -0.2) is 0 Å². The number of benzene rings is 1. The molecule has 0 aromatic heterocycles. The number of ether oxygens (including phenoxy) is 2. The molecule has 2 N–H and O–H groups in total. The number of halogens is 1. The van der Waals surface area contributed by atoms with E-state index in [0.717, 1.165) is 3.57 Å². The van der Waals surface area contributed by atoms with Crippen LogP contribution in [0.4, 0.5) is 0 Å². The van der Waals surface area contributed by atoms with Gasteiger partial charge < -0.3 is 19.9 Å². The molecular formula is C13H18INO4. The zero-order chi connectivity index (χ0) is 14.3. The van der Waals surface area contributed by atoms with Crippen LogP contribution in [0.5, 0.6) is 11.5 Å². The summed E-state index contributed by atoms with van der Waals surface area (Å²) in [4.78, 5) is 11.9. The van der Waals surface area contributed by atoms with Crippen molar-refractivity contribution >= 4 is 28.5 Å². The number of hydrogen-bond acceptors (Lipinski definition) is 4. The number of amides is 1. The predicted molar refractivity (Wildman–Crippen MR) is 80.9 cm³/mol. The van der Waals surface area contributed by atoms with Gasteiger partial charge in [0.1, 0.15) is 0 Å². The minimum atomic E-state index is -0.240. The molecule has 0 fully saturated rings. The quantitative estimate of drug-likeness (QED) is 0.710. The molecule has 1 aromatic rings. The number of aliphatic hydroxyl groups excluding tert-OH is 1. The van der Waals surface area contributed by atoms with Crippen LogP contribution in [0.25, 0.3) is 0 Å². The van der Waals surface area contributed by atoms with Crippen molar-refractivity contribution in [1.82, 2.24) is 5.32 Å². The van der Waals surface area contributed by atoms with Gasteiger partial charge in [-0.05, 0) is 48.6 Å². The van der Waals surface area contributed by atoms with Crippen LogP contribution in [0.2, 0.25) is 0 Å². The first-order valence-corrected chi connectivity index (χ1v) is 7.20. The summed E-state index contributed by atoms with van der Waals surface area (Å²) in [6, 6.07) is 3.39. The monoisotopic (exact) mass is 379 g/mol. The lowest BCUT2D eigenvalue weighted by Crippen LogP contribution is -2.26. The second-order valence-electron chi connectivity index (χ2n) is 3.63. The third kappa shape index (κ3) is 4.54. The first kappa shape index (κ1) is 16.0. The van der Waals surface area contributed by atoms with Crippen LogP contribution in [-0.4, -0.2) is 37.4 Å². The van der Waals surface area contributed by atoms with Gasteiger partial charge in [0.15, 0.2) is 11.5 Å². The van der Waals surface area contributed by atoms with E-state index in [2.05, 4.69) is 27.9 Å². The number of carbonyl (C=O) groups is 1. The van der Waals surface area contributed by atoms with Gasteiger partial charge in [-0.3, -0.25) is 4.79 Å². The lowest BCUT2D eigenvalue weighted by atomic mass is 10.2. The average molecular weight is 379 g/mol. The Morgan fingerprint density at radius 2 is 2.00 bits per heavy atom. The molecule has 0 saturated heterocycles. The van der Waals surface area contributed by atoms with Gasteiger partial charge in [-0.1, -0.05) is 0 Å². The average Bonchev–Trinajstić information content (AvgIpc) is 2.39. The van der Waals surface area contributed by atoms with E-state index in [0.29, 0.717) is 30.3 Å². The van der Waals surface area contributed by atoms with Crippen LogP contribution in [0, 0.1) is 3.57 Å². The van der Waals surface area contributed by atoms with Crippen LogP contribution < -0.4 is 14.8 Å². The number of nitrogens with one attached hydrogen (secondary N) is 1. The standard InChI is InChI=1S/C13H18INO4/c1-3-18-11-8-9(13(17)15-5-6-16)7-10(14)12(11)19-4-2/h7-8,16H,3-6H2,1-2H3,(H,15,17). The van der Waals surface area contributed by atoms with Crippen molar-refractivity contribution in [3.05, 3.63) is 21.3 Å². The lowest BCUT2D eigenvalue weighted by molar-refractivity contribution is 0.0944. The SMILES string of the molecule is CCOc1cc(C(=O)NCCO)cc(I)c1OCC. The van der Waals surface area contributed by atoms with Gasteiger partial charge in [0, 0.05) is 12.1 Å². The fraction of sp³-hybridized carbons (Fsp3) is 0.462. The molecule has 19 heavy (non-hydrogen) atoms. The maximum absolute atomic E-state index is 11.9. The van der Waals surface area contributed by atoms with Crippen LogP contribution >= 0.6 is 22.6 Å².